The lowest BCUT2D eigenvalue weighted by Gasteiger charge is -2.35. The summed E-state index contributed by atoms with van der Waals surface area (Å²) in [6, 6.07) is 22.9. The first-order valence-electron chi connectivity index (χ1n) is 18.0. The van der Waals surface area contributed by atoms with Crippen molar-refractivity contribution in [2.75, 3.05) is 73.2 Å². The first kappa shape index (κ1) is 42.8. The number of amides is 2. The largest absolute Gasteiger partial charge is 0.399 e. The summed E-state index contributed by atoms with van der Waals surface area (Å²) in [7, 11) is 0. The van der Waals surface area contributed by atoms with E-state index in [1.54, 1.807) is 26.0 Å². The van der Waals surface area contributed by atoms with Crippen molar-refractivity contribution in [1.29, 1.82) is 0 Å². The normalized spacial score (nSPS) is 13.6. The molecular weight excluding hydrogens is 739 g/mol. The van der Waals surface area contributed by atoms with Gasteiger partial charge >= 0.3 is 5.69 Å². The first-order valence-corrected chi connectivity index (χ1v) is 18.0. The van der Waals surface area contributed by atoms with Gasteiger partial charge in [0.1, 0.15) is 5.69 Å². The number of nitro benzene ring substituents is 2. The van der Waals surface area contributed by atoms with E-state index in [-0.39, 0.29) is 34.6 Å². The third-order valence-corrected chi connectivity index (χ3v) is 9.33. The van der Waals surface area contributed by atoms with Crippen molar-refractivity contribution >= 4 is 63.2 Å². The lowest BCUT2D eigenvalue weighted by molar-refractivity contribution is -0.387. The third-order valence-electron chi connectivity index (χ3n) is 9.33. The van der Waals surface area contributed by atoms with E-state index in [0.717, 1.165) is 68.5 Å². The molecule has 0 spiro atoms. The van der Waals surface area contributed by atoms with Crippen molar-refractivity contribution in [1.82, 2.24) is 9.80 Å². The van der Waals surface area contributed by atoms with E-state index in [4.69, 9.17) is 5.73 Å². The molecule has 0 radical (unpaired) electrons. The van der Waals surface area contributed by atoms with Crippen molar-refractivity contribution in [3.8, 4) is 0 Å². The summed E-state index contributed by atoms with van der Waals surface area (Å²) in [5.41, 5.74) is 9.31. The highest BCUT2D eigenvalue weighted by Crippen LogP contribution is 2.31. The average Bonchev–Trinajstić information content (AvgIpc) is 3.18. The molecule has 2 aliphatic rings. The summed E-state index contributed by atoms with van der Waals surface area (Å²) in [5, 5.41) is 24.7. The number of Topliss-reactive ketones (excluding diaryl/α,β-unsaturated/α-hetero) is 2. The van der Waals surface area contributed by atoms with E-state index >= 15 is 0 Å². The molecule has 0 unspecified atom stereocenters. The fourth-order valence-corrected chi connectivity index (χ4v) is 6.10. The number of nitro groups is 2. The highest BCUT2D eigenvalue weighted by Gasteiger charge is 2.21. The van der Waals surface area contributed by atoms with Crippen molar-refractivity contribution in [2.24, 2.45) is 0 Å². The quantitative estimate of drug-likeness (QED) is 0.0902. The highest BCUT2D eigenvalue weighted by molar-refractivity contribution is 5.96. The number of anilines is 5. The van der Waals surface area contributed by atoms with E-state index in [1.807, 2.05) is 52.3 Å². The zero-order valence-electron chi connectivity index (χ0n) is 32.1. The van der Waals surface area contributed by atoms with Gasteiger partial charge in [-0.05, 0) is 74.5 Å². The highest BCUT2D eigenvalue weighted by atomic mass is 19.1. The predicted octanol–water partition coefficient (Wildman–Crippen LogP) is 6.08. The molecule has 0 aliphatic carbocycles. The molecule has 0 atom stereocenters. The molecule has 17 heteroatoms. The van der Waals surface area contributed by atoms with Gasteiger partial charge in [0.15, 0.2) is 11.6 Å². The molecule has 300 valence electrons. The van der Waals surface area contributed by atoms with Crippen molar-refractivity contribution < 1.29 is 33.4 Å². The maximum absolute atomic E-state index is 12.7. The van der Waals surface area contributed by atoms with Crippen molar-refractivity contribution in [3.63, 3.8) is 0 Å². The van der Waals surface area contributed by atoms with Gasteiger partial charge in [0.2, 0.25) is 17.6 Å². The predicted molar refractivity (Wildman–Crippen MR) is 216 cm³/mol. The number of carbonyl (C=O) groups is 4. The molecular formula is C40H45FN8O8. The number of ketones is 2. The molecule has 0 saturated carbocycles. The van der Waals surface area contributed by atoms with Gasteiger partial charge in [-0.3, -0.25) is 39.4 Å². The summed E-state index contributed by atoms with van der Waals surface area (Å²) in [6.45, 7) is 12.0. The van der Waals surface area contributed by atoms with Crippen LogP contribution < -0.4 is 20.9 Å². The maximum Gasteiger partial charge on any atom is 0.305 e. The molecule has 2 fully saturated rings. The number of halogens is 1. The van der Waals surface area contributed by atoms with E-state index in [0.29, 0.717) is 30.0 Å². The van der Waals surface area contributed by atoms with Crippen molar-refractivity contribution in [3.05, 3.63) is 122 Å². The number of hydrogen-bond acceptors (Lipinski definition) is 12. The molecule has 2 heterocycles. The Morgan fingerprint density at radius 2 is 1.07 bits per heavy atom. The van der Waals surface area contributed by atoms with Crippen LogP contribution >= 0.6 is 0 Å². The zero-order chi connectivity index (χ0) is 41.8. The van der Waals surface area contributed by atoms with E-state index in [1.165, 1.54) is 26.0 Å². The Morgan fingerprint density at radius 3 is 1.53 bits per heavy atom. The first-order chi connectivity index (χ1) is 27.0. The molecule has 2 amide bonds. The van der Waals surface area contributed by atoms with Gasteiger partial charge in [0, 0.05) is 112 Å². The molecule has 2 aliphatic heterocycles. The number of piperazine rings is 2. The Labute approximate surface area is 328 Å². The topological polar surface area (TPSA) is 206 Å². The number of carbonyl (C=O) groups excluding carboxylic acids is 4. The minimum Gasteiger partial charge on any atom is -0.399 e. The van der Waals surface area contributed by atoms with Crippen LogP contribution in [0.4, 0.5) is 44.2 Å². The average molecular weight is 785 g/mol. The Hall–Kier alpha value is -6.91. The number of benzene rings is 4. The summed E-state index contributed by atoms with van der Waals surface area (Å²) in [4.78, 5) is 73.4. The number of rotatable bonds is 8. The van der Waals surface area contributed by atoms with Gasteiger partial charge in [-0.2, -0.15) is 4.39 Å². The Morgan fingerprint density at radius 1 is 0.614 bits per heavy atom. The monoisotopic (exact) mass is 784 g/mol. The smallest absolute Gasteiger partial charge is 0.305 e. The van der Waals surface area contributed by atoms with Crippen LogP contribution in [0, 0.1) is 26.0 Å². The summed E-state index contributed by atoms with van der Waals surface area (Å²) >= 11 is 0. The van der Waals surface area contributed by atoms with Gasteiger partial charge in [0.25, 0.3) is 5.69 Å². The van der Waals surface area contributed by atoms with Crippen LogP contribution in [0.2, 0.25) is 0 Å². The minimum atomic E-state index is -0.935. The number of hydrogen-bond donors (Lipinski definition) is 2. The standard InChI is InChI=1S/C20H22N4O4.C12H17N3O.C8H6FNO3/c1-14(25)16-6-7-19(20(12-16)24(27)28)21-17-4-3-5-18(13-17)23-10-8-22(9-11-23)15(2)26;1-10(16)14-5-7-15(8-6-14)12-4-2-3-11(13)9-12;1-5(11)6-2-3-7(9)8(4-6)10(12)13/h3-7,12-13,21H,8-11H2,1-2H3;2-4,9H,5-8,13H2,1H3;2-4H,1H3. The van der Waals surface area contributed by atoms with E-state index in [9.17, 15) is 43.8 Å². The number of nitrogens with one attached hydrogen (secondary N) is 1. The Bertz CT molecular complexity index is 2130. The molecule has 2 saturated heterocycles. The second kappa shape index (κ2) is 19.6. The molecule has 16 nitrogen and oxygen atoms in total. The Kier molecular flexibility index (Phi) is 14.7. The summed E-state index contributed by atoms with van der Waals surface area (Å²) in [5.74, 6) is -1.25. The minimum absolute atomic E-state index is 0.0800. The van der Waals surface area contributed by atoms with Gasteiger partial charge in [-0.1, -0.05) is 12.1 Å². The molecule has 4 aromatic rings. The van der Waals surface area contributed by atoms with Crippen molar-refractivity contribution in [2.45, 2.75) is 27.7 Å². The van der Waals surface area contributed by atoms with Crippen LogP contribution in [-0.2, 0) is 9.59 Å². The molecule has 0 bridgehead atoms. The number of nitrogens with two attached hydrogens (primary N) is 1. The third kappa shape index (κ3) is 12.0. The number of nitrogens with zero attached hydrogens (tertiary/aromatic N) is 6. The second-order valence-corrected chi connectivity index (χ2v) is 13.3. The molecule has 6 rings (SSSR count). The fraction of sp³-hybridized carbons (Fsp3) is 0.300. The van der Waals surface area contributed by atoms with Crippen LogP contribution in [0.3, 0.4) is 0 Å². The lowest BCUT2D eigenvalue weighted by Crippen LogP contribution is -2.48. The number of nitrogen functional groups attached to an aromatic ring is 1. The van der Waals surface area contributed by atoms with Crippen LogP contribution in [0.25, 0.3) is 0 Å². The molecule has 0 aromatic heterocycles. The molecule has 3 N–H and O–H groups in total. The van der Waals surface area contributed by atoms with Crippen LogP contribution in [0.1, 0.15) is 48.4 Å². The summed E-state index contributed by atoms with van der Waals surface area (Å²) < 4.78 is 12.7. The van der Waals surface area contributed by atoms with Gasteiger partial charge in [-0.25, -0.2) is 0 Å². The SMILES string of the molecule is CC(=O)N1CCN(c2cccc(N)c2)CC1.CC(=O)c1ccc(F)c([N+](=O)[O-])c1.CC(=O)c1ccc(Nc2cccc(N3CCN(C(C)=O)CC3)c2)c([N+](=O)[O-])c1. The summed E-state index contributed by atoms with van der Waals surface area (Å²) in [6.07, 6.45) is 0. The fourth-order valence-electron chi connectivity index (χ4n) is 6.10. The molecule has 4 aromatic carbocycles. The maximum atomic E-state index is 12.7. The van der Waals surface area contributed by atoms with E-state index < -0.39 is 21.4 Å². The van der Waals surface area contributed by atoms with Crippen LogP contribution in [0.15, 0.2) is 84.9 Å². The van der Waals surface area contributed by atoms with E-state index in [2.05, 4.69) is 21.2 Å². The zero-order valence-corrected chi connectivity index (χ0v) is 32.1. The second-order valence-electron chi connectivity index (χ2n) is 13.3. The van der Waals surface area contributed by atoms with Gasteiger partial charge < -0.3 is 30.7 Å². The molecule has 57 heavy (non-hydrogen) atoms. The lowest BCUT2D eigenvalue weighted by atomic mass is 10.1. The van der Waals surface area contributed by atoms with Gasteiger partial charge in [0.05, 0.1) is 9.85 Å². The van der Waals surface area contributed by atoms with Gasteiger partial charge in [-0.15, -0.1) is 0 Å². The van der Waals surface area contributed by atoms with Crippen LogP contribution in [0.5, 0.6) is 0 Å². The van der Waals surface area contributed by atoms with Crippen LogP contribution in [-0.4, -0.2) is 95.4 Å². The Balaban J connectivity index is 0.000000209.